The molecular weight excluding hydrogens is 256 g/mol. The van der Waals surface area contributed by atoms with Crippen LogP contribution in [0.25, 0.3) is 0 Å². The third kappa shape index (κ3) is 3.72. The van der Waals surface area contributed by atoms with Crippen molar-refractivity contribution in [1.29, 1.82) is 0 Å². The van der Waals surface area contributed by atoms with Crippen LogP contribution in [0.4, 0.5) is 0 Å². The van der Waals surface area contributed by atoms with E-state index >= 15 is 0 Å². The number of nitrogens with zero attached hydrogens (tertiary/aromatic N) is 1. The molecule has 2 rings (SSSR count). The van der Waals surface area contributed by atoms with E-state index in [9.17, 15) is 14.7 Å². The summed E-state index contributed by atoms with van der Waals surface area (Å²) >= 11 is 0. The molecule has 1 saturated carbocycles. The van der Waals surface area contributed by atoms with Crippen molar-refractivity contribution in [2.24, 2.45) is 11.8 Å². The summed E-state index contributed by atoms with van der Waals surface area (Å²) in [5.74, 6) is 0.134. The molecule has 1 saturated heterocycles. The molecule has 1 aliphatic carbocycles. The highest BCUT2D eigenvalue weighted by atomic mass is 16.3. The van der Waals surface area contributed by atoms with E-state index in [1.807, 2.05) is 0 Å². The van der Waals surface area contributed by atoms with Gasteiger partial charge in [-0.3, -0.25) is 9.59 Å². The zero-order valence-electron chi connectivity index (χ0n) is 12.5. The Morgan fingerprint density at radius 2 is 2.10 bits per heavy atom. The third-order valence-electron chi connectivity index (χ3n) is 4.30. The van der Waals surface area contributed by atoms with Crippen LogP contribution in [-0.4, -0.2) is 47.1 Å². The summed E-state index contributed by atoms with van der Waals surface area (Å²) in [5.41, 5.74) is -0.726. The molecule has 1 atom stereocenters. The molecule has 0 aromatic rings. The SMILES string of the molecule is CC(C)CN1CC(C(=O)NCC2(O)CCCC2)CC1=O. The number of nitrogens with one attached hydrogen (secondary N) is 1. The summed E-state index contributed by atoms with van der Waals surface area (Å²) in [6.45, 7) is 5.68. The molecule has 1 aliphatic heterocycles. The van der Waals surface area contributed by atoms with E-state index in [-0.39, 0.29) is 17.7 Å². The molecule has 2 N–H and O–H groups in total. The van der Waals surface area contributed by atoms with Crippen LogP contribution in [0, 0.1) is 11.8 Å². The maximum Gasteiger partial charge on any atom is 0.225 e. The van der Waals surface area contributed by atoms with Gasteiger partial charge in [-0.25, -0.2) is 0 Å². The van der Waals surface area contributed by atoms with Gasteiger partial charge in [-0.15, -0.1) is 0 Å². The van der Waals surface area contributed by atoms with Crippen LogP contribution in [0.5, 0.6) is 0 Å². The molecule has 0 bridgehead atoms. The average molecular weight is 282 g/mol. The Bertz CT molecular complexity index is 375. The minimum Gasteiger partial charge on any atom is -0.388 e. The van der Waals surface area contributed by atoms with Crippen molar-refractivity contribution in [3.05, 3.63) is 0 Å². The molecule has 0 radical (unpaired) electrons. The third-order valence-corrected chi connectivity index (χ3v) is 4.30. The minimum atomic E-state index is -0.726. The molecule has 2 aliphatic rings. The van der Waals surface area contributed by atoms with E-state index in [2.05, 4.69) is 19.2 Å². The van der Waals surface area contributed by atoms with Gasteiger partial charge in [0.05, 0.1) is 11.5 Å². The van der Waals surface area contributed by atoms with Gasteiger partial charge < -0.3 is 15.3 Å². The standard InChI is InChI=1S/C15H26N2O3/c1-11(2)8-17-9-12(7-13(17)18)14(19)16-10-15(20)5-3-4-6-15/h11-12,20H,3-10H2,1-2H3,(H,16,19). The lowest BCUT2D eigenvalue weighted by molar-refractivity contribution is -0.129. The summed E-state index contributed by atoms with van der Waals surface area (Å²) in [5, 5.41) is 13.0. The first-order valence-electron chi connectivity index (χ1n) is 7.67. The second-order valence-corrected chi connectivity index (χ2v) is 6.74. The van der Waals surface area contributed by atoms with Crippen molar-refractivity contribution < 1.29 is 14.7 Å². The van der Waals surface area contributed by atoms with Gasteiger partial charge in [-0.1, -0.05) is 26.7 Å². The quantitative estimate of drug-likeness (QED) is 0.787. The molecule has 0 aromatic carbocycles. The van der Waals surface area contributed by atoms with E-state index in [0.717, 1.165) is 25.7 Å². The normalized spacial score (nSPS) is 25.5. The predicted molar refractivity (Wildman–Crippen MR) is 76.0 cm³/mol. The van der Waals surface area contributed by atoms with Crippen LogP contribution in [0.3, 0.4) is 0 Å². The Morgan fingerprint density at radius 3 is 2.70 bits per heavy atom. The van der Waals surface area contributed by atoms with E-state index in [1.54, 1.807) is 4.90 Å². The molecule has 0 spiro atoms. The predicted octanol–water partition coefficient (Wildman–Crippen LogP) is 0.912. The van der Waals surface area contributed by atoms with Crippen molar-refractivity contribution in [3.63, 3.8) is 0 Å². The molecule has 2 fully saturated rings. The fourth-order valence-corrected chi connectivity index (χ4v) is 3.17. The summed E-state index contributed by atoms with van der Waals surface area (Å²) in [6.07, 6.45) is 3.87. The van der Waals surface area contributed by atoms with Crippen LogP contribution in [0.2, 0.25) is 0 Å². The second kappa shape index (κ2) is 6.12. The highest BCUT2D eigenvalue weighted by Gasteiger charge is 2.36. The van der Waals surface area contributed by atoms with Gasteiger partial charge in [0, 0.05) is 26.1 Å². The first-order valence-corrected chi connectivity index (χ1v) is 7.67. The number of amides is 2. The maximum atomic E-state index is 12.1. The van der Waals surface area contributed by atoms with Gasteiger partial charge >= 0.3 is 0 Å². The van der Waals surface area contributed by atoms with Gasteiger partial charge in [-0.05, 0) is 18.8 Å². The molecule has 1 unspecified atom stereocenters. The monoisotopic (exact) mass is 282 g/mol. The van der Waals surface area contributed by atoms with Crippen molar-refractivity contribution in [2.45, 2.75) is 51.6 Å². The lowest BCUT2D eigenvalue weighted by Crippen LogP contribution is -2.43. The number of rotatable bonds is 5. The van der Waals surface area contributed by atoms with Gasteiger partial charge in [-0.2, -0.15) is 0 Å². The van der Waals surface area contributed by atoms with Gasteiger partial charge in [0.25, 0.3) is 0 Å². The number of hydrogen-bond donors (Lipinski definition) is 2. The van der Waals surface area contributed by atoms with Crippen LogP contribution in [-0.2, 0) is 9.59 Å². The molecule has 5 nitrogen and oxygen atoms in total. The minimum absolute atomic E-state index is 0.0680. The van der Waals surface area contributed by atoms with Crippen LogP contribution in [0.15, 0.2) is 0 Å². The number of aliphatic hydroxyl groups is 1. The Labute approximate surface area is 120 Å². The molecule has 0 aromatic heterocycles. The second-order valence-electron chi connectivity index (χ2n) is 6.74. The van der Waals surface area contributed by atoms with Crippen LogP contribution < -0.4 is 5.32 Å². The molecule has 20 heavy (non-hydrogen) atoms. The zero-order chi connectivity index (χ0) is 14.8. The number of carbonyl (C=O) groups is 2. The maximum absolute atomic E-state index is 12.1. The first-order chi connectivity index (χ1) is 9.39. The van der Waals surface area contributed by atoms with Crippen LogP contribution >= 0.6 is 0 Å². The zero-order valence-corrected chi connectivity index (χ0v) is 12.5. The molecule has 2 amide bonds. The molecule has 5 heteroatoms. The van der Waals surface area contributed by atoms with Gasteiger partial charge in [0.2, 0.25) is 11.8 Å². The van der Waals surface area contributed by atoms with E-state index < -0.39 is 5.60 Å². The molecule has 1 heterocycles. The van der Waals surface area contributed by atoms with Gasteiger partial charge in [0.15, 0.2) is 0 Å². The summed E-state index contributed by atoms with van der Waals surface area (Å²) in [6, 6.07) is 0. The van der Waals surface area contributed by atoms with Crippen LogP contribution in [0.1, 0.15) is 46.0 Å². The fraction of sp³-hybridized carbons (Fsp3) is 0.867. The van der Waals surface area contributed by atoms with Crippen molar-refractivity contribution in [3.8, 4) is 0 Å². The number of likely N-dealkylation sites (tertiary alicyclic amines) is 1. The number of carbonyl (C=O) groups excluding carboxylic acids is 2. The molecular formula is C15H26N2O3. The Balaban J connectivity index is 1.80. The topological polar surface area (TPSA) is 69.6 Å². The van der Waals surface area contributed by atoms with Crippen molar-refractivity contribution in [1.82, 2.24) is 10.2 Å². The summed E-state index contributed by atoms with van der Waals surface area (Å²) in [4.78, 5) is 25.7. The Hall–Kier alpha value is -1.10. The van der Waals surface area contributed by atoms with Crippen molar-refractivity contribution in [2.75, 3.05) is 19.6 Å². The Kier molecular flexibility index (Phi) is 4.68. The highest BCUT2D eigenvalue weighted by Crippen LogP contribution is 2.29. The summed E-state index contributed by atoms with van der Waals surface area (Å²) < 4.78 is 0. The van der Waals surface area contributed by atoms with E-state index in [0.29, 0.717) is 32.0 Å². The lowest BCUT2D eigenvalue weighted by atomic mass is 10.0. The molecule has 114 valence electrons. The smallest absolute Gasteiger partial charge is 0.225 e. The average Bonchev–Trinajstić information content (AvgIpc) is 2.94. The number of hydrogen-bond acceptors (Lipinski definition) is 3. The largest absolute Gasteiger partial charge is 0.388 e. The lowest BCUT2D eigenvalue weighted by Gasteiger charge is -2.23. The fourth-order valence-electron chi connectivity index (χ4n) is 3.17. The van der Waals surface area contributed by atoms with E-state index in [4.69, 9.17) is 0 Å². The summed E-state index contributed by atoms with van der Waals surface area (Å²) in [7, 11) is 0. The van der Waals surface area contributed by atoms with Crippen molar-refractivity contribution >= 4 is 11.8 Å². The Morgan fingerprint density at radius 1 is 1.45 bits per heavy atom. The first kappa shape index (κ1) is 15.3. The van der Waals surface area contributed by atoms with Gasteiger partial charge in [0.1, 0.15) is 0 Å². The van der Waals surface area contributed by atoms with E-state index in [1.165, 1.54) is 0 Å². The highest BCUT2D eigenvalue weighted by molar-refractivity contribution is 5.89.